The van der Waals surface area contributed by atoms with Gasteiger partial charge in [-0.3, -0.25) is 24.7 Å². The molecule has 0 fully saturated rings. The van der Waals surface area contributed by atoms with Crippen molar-refractivity contribution in [1.82, 2.24) is 15.0 Å². The van der Waals surface area contributed by atoms with Crippen LogP contribution in [0.3, 0.4) is 0 Å². The predicted octanol–water partition coefficient (Wildman–Crippen LogP) is 4.57. The summed E-state index contributed by atoms with van der Waals surface area (Å²) in [5.41, 5.74) is 3.07. The van der Waals surface area contributed by atoms with Crippen molar-refractivity contribution >= 4 is 29.1 Å². The van der Waals surface area contributed by atoms with Gasteiger partial charge in [-0.1, -0.05) is 37.7 Å². The molecular weight excluding hydrogens is 466 g/mol. The number of thioether (sulfide) groups is 1. The Morgan fingerprint density at radius 2 is 1.83 bits per heavy atom. The normalized spacial score (nSPS) is 18.5. The minimum Gasteiger partial charge on any atom is -0.343 e. The van der Waals surface area contributed by atoms with Gasteiger partial charge in [0.05, 0.1) is 10.5 Å². The molecule has 2 N–H and O–H groups in total. The number of non-ortho nitro benzene ring substituents is 1. The number of carbonyl (C=O) groups excluding carboxylic acids is 1. The molecule has 2 aliphatic rings. The van der Waals surface area contributed by atoms with Gasteiger partial charge in [-0.05, 0) is 35.1 Å². The molecule has 0 radical (unpaired) electrons. The van der Waals surface area contributed by atoms with E-state index < -0.39 is 10.8 Å². The zero-order valence-corrected chi connectivity index (χ0v) is 20.0. The van der Waals surface area contributed by atoms with Crippen molar-refractivity contribution in [3.8, 4) is 0 Å². The van der Waals surface area contributed by atoms with Crippen LogP contribution in [0.15, 0.2) is 70.0 Å². The number of aromatic amines is 1. The zero-order chi connectivity index (χ0) is 24.7. The zero-order valence-electron chi connectivity index (χ0n) is 19.2. The fourth-order valence-corrected chi connectivity index (χ4v) is 5.53. The van der Waals surface area contributed by atoms with Gasteiger partial charge in [0.1, 0.15) is 5.82 Å². The first-order valence-electron chi connectivity index (χ1n) is 11.2. The number of rotatable bonds is 5. The van der Waals surface area contributed by atoms with Gasteiger partial charge < -0.3 is 10.3 Å². The number of aromatic nitrogens is 3. The van der Waals surface area contributed by atoms with Gasteiger partial charge in [-0.15, -0.1) is 0 Å². The molecule has 0 bridgehead atoms. The van der Waals surface area contributed by atoms with Gasteiger partial charge in [-0.25, -0.2) is 4.98 Å². The molecule has 1 aromatic carbocycles. The first kappa shape index (κ1) is 23.0. The molecule has 0 spiro atoms. The number of nitro benzene ring substituents is 1. The number of anilines is 1. The van der Waals surface area contributed by atoms with Crippen molar-refractivity contribution in [3.63, 3.8) is 0 Å². The van der Waals surface area contributed by atoms with Crippen molar-refractivity contribution in [3.05, 3.63) is 97.2 Å². The number of nitro groups is 1. The number of pyridine rings is 1. The number of nitrogens with zero attached hydrogens (tertiary/aromatic N) is 3. The summed E-state index contributed by atoms with van der Waals surface area (Å²) in [6, 6.07) is 9.94. The molecule has 0 unspecified atom stereocenters. The average molecular weight is 490 g/mol. The summed E-state index contributed by atoms with van der Waals surface area (Å²) >= 11 is 1.33. The Morgan fingerprint density at radius 3 is 2.51 bits per heavy atom. The highest BCUT2D eigenvalue weighted by Crippen LogP contribution is 2.47. The second-order valence-corrected chi connectivity index (χ2v) is 10.5. The lowest BCUT2D eigenvalue weighted by molar-refractivity contribution is -0.384. The summed E-state index contributed by atoms with van der Waals surface area (Å²) in [6.45, 7) is 4.12. The number of benzene rings is 1. The number of hydrogen-bond donors (Lipinski definition) is 2. The first-order valence-corrected chi connectivity index (χ1v) is 12.1. The molecule has 3 heterocycles. The summed E-state index contributed by atoms with van der Waals surface area (Å²) in [5.74, 6) is 0.448. The van der Waals surface area contributed by atoms with E-state index in [0.29, 0.717) is 40.7 Å². The molecule has 2 aromatic heterocycles. The van der Waals surface area contributed by atoms with E-state index in [4.69, 9.17) is 4.98 Å². The van der Waals surface area contributed by atoms with Crippen LogP contribution in [0.25, 0.3) is 0 Å². The Kier molecular flexibility index (Phi) is 5.76. The Balaban J connectivity index is 1.51. The highest BCUT2D eigenvalue weighted by molar-refractivity contribution is 7.98. The second-order valence-electron chi connectivity index (χ2n) is 9.52. The highest BCUT2D eigenvalue weighted by Gasteiger charge is 2.42. The van der Waals surface area contributed by atoms with Gasteiger partial charge in [-0.2, -0.15) is 0 Å². The molecular formula is C25H23N5O4S. The molecule has 1 aliphatic heterocycles. The first-order chi connectivity index (χ1) is 16.7. The third kappa shape index (κ3) is 4.49. The second kappa shape index (κ2) is 8.77. The summed E-state index contributed by atoms with van der Waals surface area (Å²) in [4.78, 5) is 48.7. The predicted molar refractivity (Wildman–Crippen MR) is 132 cm³/mol. The van der Waals surface area contributed by atoms with E-state index in [1.165, 1.54) is 23.9 Å². The van der Waals surface area contributed by atoms with E-state index in [-0.39, 0.29) is 22.4 Å². The Labute approximate surface area is 205 Å². The van der Waals surface area contributed by atoms with E-state index in [1.54, 1.807) is 24.5 Å². The van der Waals surface area contributed by atoms with Crippen molar-refractivity contribution in [2.45, 2.75) is 43.5 Å². The Hall–Kier alpha value is -3.79. The molecule has 3 aromatic rings. The molecule has 5 rings (SSSR count). The van der Waals surface area contributed by atoms with Crippen molar-refractivity contribution < 1.29 is 9.72 Å². The number of nitrogens with one attached hydrogen (secondary N) is 2. The minimum atomic E-state index is -0.516. The molecule has 9 nitrogen and oxygen atoms in total. The number of allylic oxidation sites excluding steroid dienone is 2. The smallest absolute Gasteiger partial charge is 0.269 e. The fourth-order valence-electron chi connectivity index (χ4n) is 4.72. The highest BCUT2D eigenvalue weighted by atomic mass is 32.2. The minimum absolute atomic E-state index is 0.0273. The van der Waals surface area contributed by atoms with Crippen molar-refractivity contribution in [2.24, 2.45) is 5.41 Å². The van der Waals surface area contributed by atoms with E-state index in [0.717, 1.165) is 16.8 Å². The fraction of sp³-hybridized carbons (Fsp3) is 0.280. The van der Waals surface area contributed by atoms with Gasteiger partial charge in [0.15, 0.2) is 10.9 Å². The summed E-state index contributed by atoms with van der Waals surface area (Å²) in [5, 5.41) is 14.6. The molecule has 0 saturated carbocycles. The SMILES string of the molecule is CC1(C)CC(=O)C2=C(C1)Nc1nc(SCc3ccc([N+](=O)[O-])cc3)[nH]c(=O)c1[C@H]2c1ccncc1. The maximum Gasteiger partial charge on any atom is 0.269 e. The van der Waals surface area contributed by atoms with Crippen LogP contribution in [-0.2, 0) is 10.5 Å². The van der Waals surface area contributed by atoms with Crippen LogP contribution in [-0.4, -0.2) is 25.7 Å². The van der Waals surface area contributed by atoms with E-state index in [1.807, 2.05) is 12.1 Å². The van der Waals surface area contributed by atoms with Crippen LogP contribution in [0.2, 0.25) is 0 Å². The number of fused-ring (bicyclic) bond motifs is 1. The van der Waals surface area contributed by atoms with Crippen molar-refractivity contribution in [1.29, 1.82) is 0 Å². The summed E-state index contributed by atoms with van der Waals surface area (Å²) in [6.07, 6.45) is 4.41. The third-order valence-electron chi connectivity index (χ3n) is 6.26. The lowest BCUT2D eigenvalue weighted by atomic mass is 9.69. The Morgan fingerprint density at radius 1 is 1.11 bits per heavy atom. The number of carbonyl (C=O) groups is 1. The van der Waals surface area contributed by atoms with Crippen LogP contribution < -0.4 is 10.9 Å². The molecule has 0 amide bonds. The van der Waals surface area contributed by atoms with Gasteiger partial charge >= 0.3 is 0 Å². The molecule has 1 atom stereocenters. The molecule has 0 saturated heterocycles. The largest absolute Gasteiger partial charge is 0.343 e. The van der Waals surface area contributed by atoms with E-state index >= 15 is 0 Å². The summed E-state index contributed by atoms with van der Waals surface area (Å²) in [7, 11) is 0. The van der Waals surface area contributed by atoms with Crippen molar-refractivity contribution in [2.75, 3.05) is 5.32 Å². The third-order valence-corrected chi connectivity index (χ3v) is 7.21. The molecule has 10 heteroatoms. The van der Waals surface area contributed by atoms with Gasteiger partial charge in [0.2, 0.25) is 0 Å². The number of H-pyrrole nitrogens is 1. The number of ketones is 1. The van der Waals surface area contributed by atoms with E-state index in [2.05, 4.69) is 29.1 Å². The topological polar surface area (TPSA) is 131 Å². The molecule has 178 valence electrons. The van der Waals surface area contributed by atoms with Gasteiger partial charge in [0.25, 0.3) is 11.2 Å². The Bertz CT molecular complexity index is 1410. The maximum absolute atomic E-state index is 13.3. The summed E-state index contributed by atoms with van der Waals surface area (Å²) < 4.78 is 0. The maximum atomic E-state index is 13.3. The lowest BCUT2D eigenvalue weighted by Gasteiger charge is -2.38. The van der Waals surface area contributed by atoms with Crippen LogP contribution in [0, 0.1) is 15.5 Å². The van der Waals surface area contributed by atoms with Crippen LogP contribution in [0.1, 0.15) is 49.3 Å². The van der Waals surface area contributed by atoms with Crippen LogP contribution >= 0.6 is 11.8 Å². The average Bonchev–Trinajstić information content (AvgIpc) is 2.81. The quantitative estimate of drug-likeness (QED) is 0.231. The van der Waals surface area contributed by atoms with Gasteiger partial charge in [0, 0.05) is 53.9 Å². The number of hydrogen-bond acceptors (Lipinski definition) is 8. The number of Topliss-reactive ketones (excluding diaryl/α,β-unsaturated/α-hetero) is 1. The van der Waals surface area contributed by atoms with E-state index in [9.17, 15) is 19.7 Å². The van der Waals surface area contributed by atoms with Crippen LogP contribution in [0.5, 0.6) is 0 Å². The molecule has 35 heavy (non-hydrogen) atoms. The molecule has 1 aliphatic carbocycles. The lowest BCUT2D eigenvalue weighted by Crippen LogP contribution is -2.37. The monoisotopic (exact) mass is 489 g/mol. The van der Waals surface area contributed by atoms with Crippen LogP contribution in [0.4, 0.5) is 11.5 Å². The standard InChI is InChI=1S/C25H23N5O4S/c1-25(2)11-17-20(18(31)12-25)19(15-7-9-26-10-8-15)21-22(27-17)28-24(29-23(21)32)35-13-14-3-5-16(6-4-14)30(33)34/h3-10,19H,11-13H2,1-2H3,(H2,27,28,29,32)/t19-/m0/s1.